The van der Waals surface area contributed by atoms with Crippen LogP contribution in [0.1, 0.15) is 12.0 Å². The van der Waals surface area contributed by atoms with E-state index >= 15 is 0 Å². The smallest absolute Gasteiger partial charge is 0.326 e. The van der Waals surface area contributed by atoms with Gasteiger partial charge in [-0.05, 0) is 24.3 Å². The zero-order valence-electron chi connectivity index (χ0n) is 12.2. The number of benzene rings is 1. The summed E-state index contributed by atoms with van der Waals surface area (Å²) in [6.45, 7) is -0.0772. The maximum absolute atomic E-state index is 12.4. The van der Waals surface area contributed by atoms with E-state index in [1.54, 1.807) is 18.2 Å². The number of rotatable bonds is 6. The Balaban J connectivity index is 2.15. The summed E-state index contributed by atoms with van der Waals surface area (Å²) < 4.78 is 35.2. The number of alkyl halides is 2. The number of aliphatic carboxylic acids is 1. The van der Waals surface area contributed by atoms with E-state index in [1.807, 2.05) is 0 Å². The molecule has 0 saturated heterocycles. The van der Waals surface area contributed by atoms with Crippen molar-refractivity contribution in [1.29, 1.82) is 0 Å². The third kappa shape index (κ3) is 4.18. The van der Waals surface area contributed by atoms with Crippen LogP contribution < -0.4 is 14.8 Å². The normalized spacial score (nSPS) is 14.3. The molecular weight excluding hydrogens is 312 g/mol. The van der Waals surface area contributed by atoms with Gasteiger partial charge in [-0.3, -0.25) is 4.79 Å². The molecule has 1 amide bonds. The number of nitrogens with one attached hydrogen (secondary N) is 1. The SMILES string of the molecule is COc1ccc2c(c1)C=C(C(=O)NC(CC(F)F)C(=O)O)CO2. The van der Waals surface area contributed by atoms with E-state index in [0.717, 1.165) is 0 Å². The van der Waals surface area contributed by atoms with Crippen molar-refractivity contribution in [2.45, 2.75) is 18.9 Å². The van der Waals surface area contributed by atoms with Crippen LogP contribution in [-0.2, 0) is 9.59 Å². The van der Waals surface area contributed by atoms with Crippen LogP contribution in [0.5, 0.6) is 11.5 Å². The fourth-order valence-electron chi connectivity index (χ4n) is 2.06. The van der Waals surface area contributed by atoms with Crippen LogP contribution in [0.2, 0.25) is 0 Å². The molecule has 124 valence electrons. The number of ether oxygens (including phenoxy) is 2. The maximum Gasteiger partial charge on any atom is 0.326 e. The number of halogens is 2. The van der Waals surface area contributed by atoms with Gasteiger partial charge in [0.25, 0.3) is 5.91 Å². The van der Waals surface area contributed by atoms with Crippen LogP contribution in [0.3, 0.4) is 0 Å². The third-order valence-electron chi connectivity index (χ3n) is 3.24. The summed E-state index contributed by atoms with van der Waals surface area (Å²) in [4.78, 5) is 23.0. The number of carboxylic acid groups (broad SMARTS) is 1. The standard InChI is InChI=1S/C15H15F2NO5/c1-22-10-2-3-12-8(5-10)4-9(7-23-12)14(19)18-11(15(20)21)6-13(16)17/h2-5,11,13H,6-7H2,1H3,(H,18,19)(H,20,21). The van der Waals surface area contributed by atoms with E-state index < -0.39 is 30.8 Å². The highest BCUT2D eigenvalue weighted by molar-refractivity contribution is 6.00. The van der Waals surface area contributed by atoms with Crippen LogP contribution in [0.4, 0.5) is 8.78 Å². The van der Waals surface area contributed by atoms with E-state index in [1.165, 1.54) is 13.2 Å². The van der Waals surface area contributed by atoms with E-state index in [0.29, 0.717) is 17.1 Å². The molecule has 1 aromatic carbocycles. The largest absolute Gasteiger partial charge is 0.497 e. The minimum atomic E-state index is -2.84. The molecular formula is C15H15F2NO5. The molecule has 0 saturated carbocycles. The number of amides is 1. The van der Waals surface area contributed by atoms with E-state index in [2.05, 4.69) is 5.32 Å². The maximum atomic E-state index is 12.4. The second-order valence-corrected chi connectivity index (χ2v) is 4.85. The first-order valence-electron chi connectivity index (χ1n) is 6.74. The number of methoxy groups -OCH3 is 1. The van der Waals surface area contributed by atoms with E-state index in [-0.39, 0.29) is 12.2 Å². The number of hydrogen-bond donors (Lipinski definition) is 2. The van der Waals surface area contributed by atoms with Gasteiger partial charge in [-0.1, -0.05) is 0 Å². The first-order valence-corrected chi connectivity index (χ1v) is 6.74. The first kappa shape index (κ1) is 16.7. The van der Waals surface area contributed by atoms with Crippen LogP contribution in [0.15, 0.2) is 23.8 Å². The molecule has 0 fully saturated rings. The van der Waals surface area contributed by atoms with E-state index in [4.69, 9.17) is 14.6 Å². The van der Waals surface area contributed by atoms with E-state index in [9.17, 15) is 18.4 Å². The summed E-state index contributed by atoms with van der Waals surface area (Å²) in [6, 6.07) is 3.36. The fourth-order valence-corrected chi connectivity index (χ4v) is 2.06. The summed E-state index contributed by atoms with van der Waals surface area (Å²) >= 11 is 0. The molecule has 0 aliphatic carbocycles. The lowest BCUT2D eigenvalue weighted by Gasteiger charge is -2.20. The second kappa shape index (κ2) is 7.08. The number of carbonyl (C=O) groups is 2. The minimum absolute atomic E-state index is 0.0772. The molecule has 1 atom stereocenters. The minimum Gasteiger partial charge on any atom is -0.497 e. The lowest BCUT2D eigenvalue weighted by Crippen LogP contribution is -2.43. The van der Waals surface area contributed by atoms with Crippen molar-refractivity contribution in [2.24, 2.45) is 0 Å². The molecule has 8 heteroatoms. The highest BCUT2D eigenvalue weighted by Crippen LogP contribution is 2.29. The van der Waals surface area contributed by atoms with Crippen molar-refractivity contribution in [2.75, 3.05) is 13.7 Å². The van der Waals surface area contributed by atoms with Crippen LogP contribution >= 0.6 is 0 Å². The van der Waals surface area contributed by atoms with Gasteiger partial charge in [0, 0.05) is 12.0 Å². The molecule has 1 heterocycles. The number of carboxylic acids is 1. The molecule has 0 bridgehead atoms. The summed E-state index contributed by atoms with van der Waals surface area (Å²) in [5, 5.41) is 11.0. The highest BCUT2D eigenvalue weighted by atomic mass is 19.3. The lowest BCUT2D eigenvalue weighted by molar-refractivity contribution is -0.142. The zero-order valence-corrected chi connectivity index (χ0v) is 12.2. The average Bonchev–Trinajstić information content (AvgIpc) is 2.52. The van der Waals surface area contributed by atoms with Crippen LogP contribution in [0, 0.1) is 0 Å². The van der Waals surface area contributed by atoms with Crippen molar-refractivity contribution in [3.8, 4) is 11.5 Å². The Bertz CT molecular complexity index is 645. The molecule has 0 radical (unpaired) electrons. The Morgan fingerprint density at radius 3 is 2.78 bits per heavy atom. The van der Waals surface area contributed by atoms with Crippen molar-refractivity contribution < 1.29 is 33.0 Å². The second-order valence-electron chi connectivity index (χ2n) is 4.85. The molecule has 0 aromatic heterocycles. The number of fused-ring (bicyclic) bond motifs is 1. The monoisotopic (exact) mass is 327 g/mol. The van der Waals surface area contributed by atoms with Gasteiger partial charge < -0.3 is 19.9 Å². The number of hydrogen-bond acceptors (Lipinski definition) is 4. The predicted molar refractivity (Wildman–Crippen MR) is 76.7 cm³/mol. The van der Waals surface area contributed by atoms with Gasteiger partial charge in [-0.15, -0.1) is 0 Å². The number of carbonyl (C=O) groups excluding carboxylic acids is 1. The highest BCUT2D eigenvalue weighted by Gasteiger charge is 2.26. The van der Waals surface area contributed by atoms with Gasteiger partial charge >= 0.3 is 5.97 Å². The Kier molecular flexibility index (Phi) is 5.15. The summed E-state index contributed by atoms with van der Waals surface area (Å²) in [6.07, 6.45) is -2.28. The van der Waals surface area contributed by atoms with Gasteiger partial charge in [0.2, 0.25) is 6.43 Å². The summed E-state index contributed by atoms with van der Waals surface area (Å²) in [7, 11) is 1.49. The Labute approximate surface area is 130 Å². The third-order valence-corrected chi connectivity index (χ3v) is 3.24. The van der Waals surface area contributed by atoms with Crippen molar-refractivity contribution in [3.05, 3.63) is 29.3 Å². The quantitative estimate of drug-likeness (QED) is 0.831. The molecule has 6 nitrogen and oxygen atoms in total. The topological polar surface area (TPSA) is 84.9 Å². The van der Waals surface area contributed by atoms with Crippen molar-refractivity contribution in [3.63, 3.8) is 0 Å². The predicted octanol–water partition coefficient (Wildman–Crippen LogP) is 1.70. The van der Waals surface area contributed by atoms with Gasteiger partial charge in [0.1, 0.15) is 24.1 Å². The lowest BCUT2D eigenvalue weighted by atomic mass is 10.1. The molecule has 1 aliphatic rings. The van der Waals surface area contributed by atoms with Crippen LogP contribution in [-0.4, -0.2) is 43.2 Å². The van der Waals surface area contributed by atoms with Crippen molar-refractivity contribution >= 4 is 18.0 Å². The van der Waals surface area contributed by atoms with Gasteiger partial charge in [-0.2, -0.15) is 0 Å². The fraction of sp³-hybridized carbons (Fsp3) is 0.333. The Morgan fingerprint density at radius 1 is 1.43 bits per heavy atom. The van der Waals surface area contributed by atoms with Crippen LogP contribution in [0.25, 0.3) is 6.08 Å². The van der Waals surface area contributed by atoms with Gasteiger partial charge in [0.05, 0.1) is 12.7 Å². The van der Waals surface area contributed by atoms with Gasteiger partial charge in [0.15, 0.2) is 0 Å². The molecule has 1 aliphatic heterocycles. The molecule has 23 heavy (non-hydrogen) atoms. The Hall–Kier alpha value is -2.64. The van der Waals surface area contributed by atoms with Crippen molar-refractivity contribution in [1.82, 2.24) is 5.32 Å². The molecule has 2 N–H and O–H groups in total. The zero-order chi connectivity index (χ0) is 17.0. The summed E-state index contributed by atoms with van der Waals surface area (Å²) in [5.41, 5.74) is 0.729. The molecule has 2 rings (SSSR count). The molecule has 1 unspecified atom stereocenters. The molecule has 1 aromatic rings. The summed E-state index contributed by atoms with van der Waals surface area (Å²) in [5.74, 6) is -1.17. The molecule has 0 spiro atoms. The average molecular weight is 327 g/mol. The first-order chi connectivity index (χ1) is 10.9. The van der Waals surface area contributed by atoms with Gasteiger partial charge in [-0.25, -0.2) is 13.6 Å². The Morgan fingerprint density at radius 2 is 2.17 bits per heavy atom.